The molecule has 124 valence electrons. The van der Waals surface area contributed by atoms with Crippen molar-refractivity contribution in [3.63, 3.8) is 0 Å². The van der Waals surface area contributed by atoms with Crippen LogP contribution in [0.3, 0.4) is 0 Å². The van der Waals surface area contributed by atoms with E-state index in [4.69, 9.17) is 16.0 Å². The predicted octanol–water partition coefficient (Wildman–Crippen LogP) is 2.95. The fourth-order valence-electron chi connectivity index (χ4n) is 2.38. The molecular formula is C17H16ClN3O3. The molecule has 1 amide bonds. The van der Waals surface area contributed by atoms with Crippen molar-refractivity contribution >= 4 is 40.0 Å². The molecule has 0 aliphatic rings. The first-order chi connectivity index (χ1) is 11.4. The molecule has 0 fully saturated rings. The molecule has 24 heavy (non-hydrogen) atoms. The molecule has 0 saturated carbocycles. The molecule has 6 nitrogen and oxygen atoms in total. The third-order valence-electron chi connectivity index (χ3n) is 3.60. The van der Waals surface area contributed by atoms with Gasteiger partial charge in [-0.05, 0) is 36.4 Å². The number of fused-ring (bicyclic) bond motifs is 1. The number of halogens is 1. The van der Waals surface area contributed by atoms with Crippen LogP contribution in [0.2, 0.25) is 5.02 Å². The summed E-state index contributed by atoms with van der Waals surface area (Å²) in [5, 5.41) is 3.23. The first-order valence-electron chi connectivity index (χ1n) is 7.30. The quantitative estimate of drug-likeness (QED) is 0.789. The largest absolute Gasteiger partial charge is 0.420 e. The van der Waals surface area contributed by atoms with E-state index >= 15 is 0 Å². The van der Waals surface area contributed by atoms with Crippen molar-refractivity contribution in [2.45, 2.75) is 6.54 Å². The summed E-state index contributed by atoms with van der Waals surface area (Å²) in [4.78, 5) is 26.1. The Bertz CT molecular complexity index is 942. The fraction of sp³-hybridized carbons (Fsp3) is 0.176. The van der Waals surface area contributed by atoms with E-state index in [0.717, 1.165) is 5.69 Å². The zero-order valence-corrected chi connectivity index (χ0v) is 14.0. The van der Waals surface area contributed by atoms with Crippen molar-refractivity contribution in [2.24, 2.45) is 0 Å². The van der Waals surface area contributed by atoms with E-state index in [1.54, 1.807) is 18.2 Å². The number of carbonyl (C=O) groups excluding carboxylic acids is 1. The monoisotopic (exact) mass is 345 g/mol. The highest BCUT2D eigenvalue weighted by molar-refractivity contribution is 6.31. The lowest BCUT2D eigenvalue weighted by Crippen LogP contribution is -2.24. The maximum atomic E-state index is 12.2. The van der Waals surface area contributed by atoms with Gasteiger partial charge in [-0.1, -0.05) is 11.6 Å². The van der Waals surface area contributed by atoms with Gasteiger partial charge in [0.2, 0.25) is 5.91 Å². The highest BCUT2D eigenvalue weighted by atomic mass is 35.5. The van der Waals surface area contributed by atoms with Gasteiger partial charge in [0.15, 0.2) is 5.58 Å². The summed E-state index contributed by atoms with van der Waals surface area (Å²) in [5.74, 6) is -0.905. The Balaban J connectivity index is 1.78. The number of hydrogen-bond acceptors (Lipinski definition) is 4. The highest BCUT2D eigenvalue weighted by Gasteiger charge is 2.13. The van der Waals surface area contributed by atoms with E-state index in [0.29, 0.717) is 21.8 Å². The summed E-state index contributed by atoms with van der Waals surface area (Å²) >= 11 is 5.87. The molecule has 0 bridgehead atoms. The van der Waals surface area contributed by atoms with Crippen LogP contribution in [0.5, 0.6) is 0 Å². The molecular weight excluding hydrogens is 330 g/mol. The number of anilines is 2. The number of carbonyl (C=O) groups is 1. The lowest BCUT2D eigenvalue weighted by Gasteiger charge is -2.13. The first kappa shape index (κ1) is 16.1. The number of nitrogens with one attached hydrogen (secondary N) is 1. The van der Waals surface area contributed by atoms with Crippen LogP contribution < -0.4 is 16.0 Å². The van der Waals surface area contributed by atoms with Crippen LogP contribution in [0.25, 0.3) is 11.1 Å². The molecule has 3 rings (SSSR count). The molecule has 0 atom stereocenters. The number of hydrogen-bond donors (Lipinski definition) is 1. The lowest BCUT2D eigenvalue weighted by atomic mass is 10.2. The lowest BCUT2D eigenvalue weighted by molar-refractivity contribution is -0.116. The maximum Gasteiger partial charge on any atom is 0.420 e. The topological polar surface area (TPSA) is 67.5 Å². The van der Waals surface area contributed by atoms with Crippen LogP contribution in [0.1, 0.15) is 0 Å². The van der Waals surface area contributed by atoms with Crippen LogP contribution in [0.4, 0.5) is 11.4 Å². The fourth-order valence-corrected chi connectivity index (χ4v) is 2.54. The zero-order valence-electron chi connectivity index (χ0n) is 13.2. The second-order valence-corrected chi connectivity index (χ2v) is 5.99. The number of aromatic nitrogens is 1. The molecule has 0 aliphatic carbocycles. The van der Waals surface area contributed by atoms with E-state index in [-0.39, 0.29) is 12.5 Å². The van der Waals surface area contributed by atoms with Gasteiger partial charge in [0, 0.05) is 36.6 Å². The van der Waals surface area contributed by atoms with Crippen LogP contribution in [0, 0.1) is 0 Å². The Labute approximate surface area is 143 Å². The Morgan fingerprint density at radius 2 is 1.92 bits per heavy atom. The van der Waals surface area contributed by atoms with Crippen molar-refractivity contribution in [2.75, 3.05) is 24.3 Å². The second-order valence-electron chi connectivity index (χ2n) is 5.56. The third-order valence-corrected chi connectivity index (χ3v) is 3.83. The Morgan fingerprint density at radius 3 is 2.58 bits per heavy atom. The van der Waals surface area contributed by atoms with Crippen LogP contribution in [-0.4, -0.2) is 24.6 Å². The molecule has 1 N–H and O–H groups in total. The Morgan fingerprint density at radius 1 is 1.21 bits per heavy atom. The molecule has 2 aromatic carbocycles. The van der Waals surface area contributed by atoms with E-state index in [2.05, 4.69) is 5.32 Å². The Kier molecular flexibility index (Phi) is 4.31. The van der Waals surface area contributed by atoms with Crippen molar-refractivity contribution in [1.82, 2.24) is 4.57 Å². The van der Waals surface area contributed by atoms with Gasteiger partial charge in [-0.2, -0.15) is 0 Å². The minimum atomic E-state index is -0.592. The van der Waals surface area contributed by atoms with Crippen molar-refractivity contribution in [3.8, 4) is 0 Å². The average molecular weight is 346 g/mol. The summed E-state index contributed by atoms with van der Waals surface area (Å²) < 4.78 is 6.38. The number of benzene rings is 2. The number of amides is 1. The minimum Gasteiger partial charge on any atom is -0.408 e. The first-order valence-corrected chi connectivity index (χ1v) is 7.68. The summed E-state index contributed by atoms with van der Waals surface area (Å²) in [5.41, 5.74) is 2.58. The second kappa shape index (κ2) is 6.41. The van der Waals surface area contributed by atoms with Crippen LogP contribution in [0.15, 0.2) is 51.7 Å². The SMILES string of the molecule is CN(C)c1ccc(NC(=O)Cn2c(=O)oc3cc(Cl)ccc32)cc1. The van der Waals surface area contributed by atoms with Gasteiger partial charge >= 0.3 is 5.76 Å². The maximum absolute atomic E-state index is 12.2. The van der Waals surface area contributed by atoms with Gasteiger partial charge in [0.25, 0.3) is 0 Å². The summed E-state index contributed by atoms with van der Waals surface area (Å²) in [6.45, 7) is -0.136. The summed E-state index contributed by atoms with van der Waals surface area (Å²) in [6, 6.07) is 12.3. The van der Waals surface area contributed by atoms with E-state index in [9.17, 15) is 9.59 Å². The predicted molar refractivity (Wildman–Crippen MR) is 94.9 cm³/mol. The molecule has 0 spiro atoms. The van der Waals surface area contributed by atoms with Gasteiger partial charge in [0.1, 0.15) is 6.54 Å². The molecule has 0 saturated heterocycles. The smallest absolute Gasteiger partial charge is 0.408 e. The molecule has 0 radical (unpaired) electrons. The van der Waals surface area contributed by atoms with Gasteiger partial charge < -0.3 is 14.6 Å². The van der Waals surface area contributed by atoms with Crippen molar-refractivity contribution in [1.29, 1.82) is 0 Å². The van der Waals surface area contributed by atoms with Crippen molar-refractivity contribution in [3.05, 3.63) is 58.0 Å². The standard InChI is InChI=1S/C17H16ClN3O3/c1-20(2)13-6-4-12(5-7-13)19-16(22)10-21-14-8-3-11(18)9-15(14)24-17(21)23/h3-9H,10H2,1-2H3,(H,19,22). The minimum absolute atomic E-state index is 0.136. The van der Waals surface area contributed by atoms with E-state index in [1.165, 1.54) is 4.57 Å². The third kappa shape index (κ3) is 3.28. The van der Waals surface area contributed by atoms with E-state index < -0.39 is 5.76 Å². The highest BCUT2D eigenvalue weighted by Crippen LogP contribution is 2.19. The molecule has 0 unspecified atom stereocenters. The zero-order chi connectivity index (χ0) is 17.3. The van der Waals surface area contributed by atoms with Crippen molar-refractivity contribution < 1.29 is 9.21 Å². The Hall–Kier alpha value is -2.73. The number of rotatable bonds is 4. The number of nitrogens with zero attached hydrogens (tertiary/aromatic N) is 2. The normalized spacial score (nSPS) is 10.8. The van der Waals surface area contributed by atoms with Gasteiger partial charge in [-0.3, -0.25) is 9.36 Å². The van der Waals surface area contributed by atoms with Gasteiger partial charge in [-0.15, -0.1) is 0 Å². The molecule has 3 aromatic rings. The number of oxazole rings is 1. The van der Waals surface area contributed by atoms with Crippen LogP contribution >= 0.6 is 11.6 Å². The summed E-state index contributed by atoms with van der Waals surface area (Å²) in [7, 11) is 3.88. The summed E-state index contributed by atoms with van der Waals surface area (Å²) in [6.07, 6.45) is 0. The van der Waals surface area contributed by atoms with Crippen LogP contribution in [-0.2, 0) is 11.3 Å². The van der Waals surface area contributed by atoms with E-state index in [1.807, 2.05) is 43.3 Å². The van der Waals surface area contributed by atoms with Gasteiger partial charge in [0.05, 0.1) is 5.52 Å². The molecule has 1 heterocycles. The molecule has 0 aliphatic heterocycles. The van der Waals surface area contributed by atoms with Gasteiger partial charge in [-0.25, -0.2) is 4.79 Å². The molecule has 1 aromatic heterocycles. The average Bonchev–Trinajstić information content (AvgIpc) is 2.82. The molecule has 7 heteroatoms.